The van der Waals surface area contributed by atoms with Crippen LogP contribution in [0.1, 0.15) is 41.6 Å². The standard InChI is InChI=1S/C22H20F3N3O/c23-22(24,25)15-28-19(29)17-8-4-5-9-18(17)27-21(28)12-10-20(14-26,11-13-21)16-6-2-1-3-7-16/h1-9,27H,10-13,15H2. The minimum absolute atomic E-state index is 0.238. The lowest BCUT2D eigenvalue weighted by atomic mass is 9.66. The molecule has 0 atom stereocenters. The number of alkyl halides is 3. The van der Waals surface area contributed by atoms with Crippen molar-refractivity contribution in [3.05, 3.63) is 65.7 Å². The van der Waals surface area contributed by atoms with Crippen molar-refractivity contribution in [2.45, 2.75) is 42.9 Å². The van der Waals surface area contributed by atoms with Crippen LogP contribution < -0.4 is 5.32 Å². The van der Waals surface area contributed by atoms with Crippen LogP contribution >= 0.6 is 0 Å². The van der Waals surface area contributed by atoms with Crippen molar-refractivity contribution in [3.63, 3.8) is 0 Å². The zero-order valence-electron chi connectivity index (χ0n) is 15.7. The third-order valence-electron chi connectivity index (χ3n) is 6.10. The summed E-state index contributed by atoms with van der Waals surface area (Å²) in [6.07, 6.45) is -3.27. The van der Waals surface area contributed by atoms with Gasteiger partial charge in [0.05, 0.1) is 17.0 Å². The van der Waals surface area contributed by atoms with E-state index in [9.17, 15) is 23.2 Å². The number of nitrogens with zero attached hydrogens (tertiary/aromatic N) is 2. The van der Waals surface area contributed by atoms with Gasteiger partial charge in [-0.15, -0.1) is 0 Å². The van der Waals surface area contributed by atoms with Crippen molar-refractivity contribution in [2.75, 3.05) is 11.9 Å². The Morgan fingerprint density at radius 2 is 1.62 bits per heavy atom. The van der Waals surface area contributed by atoms with Crippen LogP contribution in [0.15, 0.2) is 54.6 Å². The Hall–Kier alpha value is -3.01. The first kappa shape index (κ1) is 19.3. The molecule has 1 heterocycles. The Kier molecular flexibility index (Phi) is 4.53. The van der Waals surface area contributed by atoms with Gasteiger partial charge in [0.2, 0.25) is 0 Å². The summed E-state index contributed by atoms with van der Waals surface area (Å²) in [4.78, 5) is 13.9. The fourth-order valence-corrected chi connectivity index (χ4v) is 4.55. The molecular formula is C22H20F3N3O. The highest BCUT2D eigenvalue weighted by molar-refractivity contribution is 6.02. The summed E-state index contributed by atoms with van der Waals surface area (Å²) in [6.45, 7) is -1.32. The minimum atomic E-state index is -4.51. The van der Waals surface area contributed by atoms with Crippen molar-refractivity contribution in [1.82, 2.24) is 4.90 Å². The van der Waals surface area contributed by atoms with Gasteiger partial charge < -0.3 is 10.2 Å². The normalized spacial score (nSPS) is 26.6. The van der Waals surface area contributed by atoms with Gasteiger partial charge >= 0.3 is 6.18 Å². The van der Waals surface area contributed by atoms with Crippen LogP contribution in [-0.2, 0) is 5.41 Å². The molecule has 1 saturated carbocycles. The van der Waals surface area contributed by atoms with Crippen molar-refractivity contribution < 1.29 is 18.0 Å². The van der Waals surface area contributed by atoms with E-state index in [4.69, 9.17) is 0 Å². The molecule has 0 radical (unpaired) electrons. The maximum Gasteiger partial charge on any atom is 0.406 e. The van der Waals surface area contributed by atoms with Crippen LogP contribution in [0.4, 0.5) is 18.9 Å². The molecule has 0 bridgehead atoms. The molecule has 1 fully saturated rings. The summed E-state index contributed by atoms with van der Waals surface area (Å²) >= 11 is 0. The van der Waals surface area contributed by atoms with Crippen LogP contribution in [0, 0.1) is 11.3 Å². The highest BCUT2D eigenvalue weighted by atomic mass is 19.4. The van der Waals surface area contributed by atoms with Crippen molar-refractivity contribution >= 4 is 11.6 Å². The Balaban J connectivity index is 1.70. The van der Waals surface area contributed by atoms with E-state index in [1.807, 2.05) is 30.3 Å². The number of carbonyl (C=O) groups excluding carboxylic acids is 1. The molecule has 4 nitrogen and oxygen atoms in total. The van der Waals surface area contributed by atoms with Crippen LogP contribution in [0.25, 0.3) is 0 Å². The second-order valence-electron chi connectivity index (χ2n) is 7.77. The van der Waals surface area contributed by atoms with Gasteiger partial charge in [0.15, 0.2) is 0 Å². The number of nitriles is 1. The van der Waals surface area contributed by atoms with E-state index in [1.54, 1.807) is 18.2 Å². The van der Waals surface area contributed by atoms with Gasteiger partial charge in [-0.25, -0.2) is 0 Å². The summed E-state index contributed by atoms with van der Waals surface area (Å²) in [5, 5.41) is 13.1. The second-order valence-corrected chi connectivity index (χ2v) is 7.77. The number of nitrogens with one attached hydrogen (secondary N) is 1. The maximum atomic E-state index is 13.3. The molecule has 29 heavy (non-hydrogen) atoms. The molecule has 7 heteroatoms. The number of para-hydroxylation sites is 1. The molecule has 1 N–H and O–H groups in total. The third kappa shape index (κ3) is 3.33. The summed E-state index contributed by atoms with van der Waals surface area (Å²) in [5.74, 6) is -0.624. The number of amides is 1. The highest BCUT2D eigenvalue weighted by Crippen LogP contribution is 2.48. The number of hydrogen-bond donors (Lipinski definition) is 1. The SMILES string of the molecule is N#CC1(c2ccccc2)CCC2(CC1)Nc1ccccc1C(=O)N2CC(F)(F)F. The van der Waals surface area contributed by atoms with Gasteiger partial charge in [-0.05, 0) is 43.4 Å². The van der Waals surface area contributed by atoms with E-state index in [0.29, 0.717) is 18.5 Å². The smallest absolute Gasteiger partial charge is 0.362 e. The molecule has 0 saturated heterocycles. The molecule has 1 aliphatic heterocycles. The number of benzene rings is 2. The number of halogens is 3. The predicted octanol–water partition coefficient (Wildman–Crippen LogP) is 4.85. The van der Waals surface area contributed by atoms with Gasteiger partial charge in [0.1, 0.15) is 12.2 Å². The molecular weight excluding hydrogens is 379 g/mol. The van der Waals surface area contributed by atoms with Crippen LogP contribution in [0.3, 0.4) is 0 Å². The largest absolute Gasteiger partial charge is 0.406 e. The summed E-state index contributed by atoms with van der Waals surface area (Å²) in [6, 6.07) is 18.4. The second kappa shape index (κ2) is 6.80. The quantitative estimate of drug-likeness (QED) is 0.786. The number of hydrogen-bond acceptors (Lipinski definition) is 3. The molecule has 2 aromatic carbocycles. The van der Waals surface area contributed by atoms with Crippen molar-refractivity contribution in [2.24, 2.45) is 0 Å². The van der Waals surface area contributed by atoms with E-state index < -0.39 is 29.7 Å². The first-order valence-corrected chi connectivity index (χ1v) is 9.51. The van der Waals surface area contributed by atoms with Gasteiger partial charge in [0, 0.05) is 5.69 Å². The fourth-order valence-electron chi connectivity index (χ4n) is 4.55. The maximum absolute atomic E-state index is 13.3. The van der Waals surface area contributed by atoms with Crippen molar-refractivity contribution in [1.29, 1.82) is 5.26 Å². The third-order valence-corrected chi connectivity index (χ3v) is 6.10. The van der Waals surface area contributed by atoms with Crippen molar-refractivity contribution in [3.8, 4) is 6.07 Å². The zero-order valence-corrected chi connectivity index (χ0v) is 15.7. The molecule has 150 valence electrons. The monoisotopic (exact) mass is 399 g/mol. The van der Waals surface area contributed by atoms with Crippen LogP contribution in [-0.4, -0.2) is 29.2 Å². The molecule has 1 spiro atoms. The van der Waals surface area contributed by atoms with Crippen LogP contribution in [0.5, 0.6) is 0 Å². The highest BCUT2D eigenvalue weighted by Gasteiger charge is 2.53. The first-order valence-electron chi connectivity index (χ1n) is 9.51. The average Bonchev–Trinajstić information content (AvgIpc) is 2.72. The van der Waals surface area contributed by atoms with E-state index in [1.165, 1.54) is 6.07 Å². The van der Waals surface area contributed by atoms with E-state index in [0.717, 1.165) is 10.5 Å². The Morgan fingerprint density at radius 3 is 2.24 bits per heavy atom. The molecule has 0 aromatic heterocycles. The van der Waals surface area contributed by atoms with Crippen LogP contribution in [0.2, 0.25) is 0 Å². The topological polar surface area (TPSA) is 56.1 Å². The molecule has 2 aliphatic rings. The zero-order chi connectivity index (χ0) is 20.7. The van der Waals surface area contributed by atoms with E-state index >= 15 is 0 Å². The average molecular weight is 399 g/mol. The Morgan fingerprint density at radius 1 is 1.00 bits per heavy atom. The molecule has 4 rings (SSSR count). The summed E-state index contributed by atoms with van der Waals surface area (Å²) in [7, 11) is 0. The van der Waals surface area contributed by atoms with Gasteiger partial charge in [-0.1, -0.05) is 42.5 Å². The lowest BCUT2D eigenvalue weighted by Crippen LogP contribution is -2.64. The number of anilines is 1. The number of rotatable bonds is 2. The van der Waals surface area contributed by atoms with Gasteiger partial charge in [-0.2, -0.15) is 18.4 Å². The molecule has 1 aliphatic carbocycles. The van der Waals surface area contributed by atoms with Gasteiger partial charge in [0.25, 0.3) is 5.91 Å². The van der Waals surface area contributed by atoms with E-state index in [-0.39, 0.29) is 18.4 Å². The lowest BCUT2D eigenvalue weighted by molar-refractivity contribution is -0.152. The minimum Gasteiger partial charge on any atom is -0.362 e. The fraction of sp³-hybridized carbons (Fsp3) is 0.364. The lowest BCUT2D eigenvalue weighted by Gasteiger charge is -2.53. The Bertz CT molecular complexity index is 957. The molecule has 2 aromatic rings. The Labute approximate surface area is 166 Å². The van der Waals surface area contributed by atoms with E-state index in [2.05, 4.69) is 11.4 Å². The van der Waals surface area contributed by atoms with Gasteiger partial charge in [-0.3, -0.25) is 4.79 Å². The molecule has 1 amide bonds. The number of fused-ring (bicyclic) bond motifs is 1. The predicted molar refractivity (Wildman–Crippen MR) is 102 cm³/mol. The summed E-state index contributed by atoms with van der Waals surface area (Å²) < 4.78 is 40.0. The molecule has 0 unspecified atom stereocenters. The summed E-state index contributed by atoms with van der Waals surface area (Å²) in [5.41, 5.74) is -0.279. The first-order chi connectivity index (χ1) is 13.8. The number of carbonyl (C=O) groups is 1.